The second kappa shape index (κ2) is 5.78. The molecule has 0 saturated heterocycles. The van der Waals surface area contributed by atoms with E-state index < -0.39 is 0 Å². The third kappa shape index (κ3) is 3.17. The summed E-state index contributed by atoms with van der Waals surface area (Å²) in [6.07, 6.45) is 1.75. The first-order chi connectivity index (χ1) is 8.69. The van der Waals surface area contributed by atoms with Crippen LogP contribution in [0.1, 0.15) is 11.1 Å². The Bertz CT molecular complexity index is 575. The van der Waals surface area contributed by atoms with E-state index in [9.17, 15) is 4.79 Å². The van der Waals surface area contributed by atoms with Crippen molar-refractivity contribution in [3.05, 3.63) is 58.0 Å². The Balaban J connectivity index is 2.01. The van der Waals surface area contributed by atoms with Crippen LogP contribution in [0.3, 0.4) is 0 Å². The molecular formula is C14H15NO2S. The Hall–Kier alpha value is -1.68. The Morgan fingerprint density at radius 2 is 2.00 bits per heavy atom. The van der Waals surface area contributed by atoms with E-state index in [1.807, 2.05) is 37.3 Å². The summed E-state index contributed by atoms with van der Waals surface area (Å²) < 4.78 is 5.11. The highest BCUT2D eigenvalue weighted by atomic mass is 32.2. The van der Waals surface area contributed by atoms with E-state index in [0.717, 1.165) is 22.0 Å². The maximum absolute atomic E-state index is 11.2. The molecule has 1 heterocycles. The summed E-state index contributed by atoms with van der Waals surface area (Å²) in [6.45, 7) is 1.82. The lowest BCUT2D eigenvalue weighted by atomic mass is 10.2. The second-order valence-electron chi connectivity index (χ2n) is 3.98. The molecule has 0 saturated carbocycles. The van der Waals surface area contributed by atoms with Gasteiger partial charge in [0.2, 0.25) is 0 Å². The molecule has 94 valence electrons. The topological polar surface area (TPSA) is 42.1 Å². The van der Waals surface area contributed by atoms with Crippen LogP contribution >= 0.6 is 11.8 Å². The third-order valence-electron chi connectivity index (χ3n) is 2.63. The maximum Gasteiger partial charge on any atom is 0.250 e. The number of thioether (sulfide) groups is 1. The average Bonchev–Trinajstić information content (AvgIpc) is 2.41. The van der Waals surface area contributed by atoms with Gasteiger partial charge in [-0.2, -0.15) is 0 Å². The Morgan fingerprint density at radius 3 is 2.61 bits per heavy atom. The number of aromatic nitrogens is 1. The van der Waals surface area contributed by atoms with Crippen molar-refractivity contribution in [1.29, 1.82) is 0 Å². The van der Waals surface area contributed by atoms with Crippen molar-refractivity contribution in [2.75, 3.05) is 7.11 Å². The summed E-state index contributed by atoms with van der Waals surface area (Å²) in [5.41, 5.74) is 1.95. The lowest BCUT2D eigenvalue weighted by Gasteiger charge is -2.04. The summed E-state index contributed by atoms with van der Waals surface area (Å²) >= 11 is 1.70. The first-order valence-electron chi connectivity index (χ1n) is 5.64. The van der Waals surface area contributed by atoms with Crippen LogP contribution in [0, 0.1) is 6.92 Å². The molecule has 0 unspecified atom stereocenters. The van der Waals surface area contributed by atoms with Gasteiger partial charge in [0, 0.05) is 22.4 Å². The van der Waals surface area contributed by atoms with E-state index in [1.54, 1.807) is 25.1 Å². The van der Waals surface area contributed by atoms with Crippen LogP contribution in [0.25, 0.3) is 0 Å². The van der Waals surface area contributed by atoms with Crippen LogP contribution in [-0.2, 0) is 5.75 Å². The first-order valence-corrected chi connectivity index (χ1v) is 6.62. The van der Waals surface area contributed by atoms with Gasteiger partial charge in [-0.3, -0.25) is 4.79 Å². The SMILES string of the molecule is COc1ccc(CSc2c[nH]c(=O)c(C)c2)cc1. The Labute approximate surface area is 110 Å². The molecule has 0 aliphatic heterocycles. The minimum atomic E-state index is -0.0243. The number of H-pyrrole nitrogens is 1. The molecule has 0 aliphatic rings. The Kier molecular flexibility index (Phi) is 4.10. The fraction of sp³-hybridized carbons (Fsp3) is 0.214. The van der Waals surface area contributed by atoms with Crippen LogP contribution < -0.4 is 10.3 Å². The zero-order chi connectivity index (χ0) is 13.0. The van der Waals surface area contributed by atoms with Gasteiger partial charge < -0.3 is 9.72 Å². The zero-order valence-corrected chi connectivity index (χ0v) is 11.2. The largest absolute Gasteiger partial charge is 0.497 e. The molecule has 0 fully saturated rings. The van der Waals surface area contributed by atoms with Crippen molar-refractivity contribution < 1.29 is 4.74 Å². The molecule has 18 heavy (non-hydrogen) atoms. The van der Waals surface area contributed by atoms with E-state index in [2.05, 4.69) is 4.98 Å². The van der Waals surface area contributed by atoms with Crippen molar-refractivity contribution in [2.45, 2.75) is 17.6 Å². The number of rotatable bonds is 4. The molecule has 4 heteroatoms. The van der Waals surface area contributed by atoms with Gasteiger partial charge in [0.05, 0.1) is 7.11 Å². The molecule has 0 aliphatic carbocycles. The normalized spacial score (nSPS) is 10.3. The Morgan fingerprint density at radius 1 is 1.28 bits per heavy atom. The second-order valence-corrected chi connectivity index (χ2v) is 5.03. The van der Waals surface area contributed by atoms with Crippen molar-refractivity contribution in [3.8, 4) is 5.75 Å². The molecule has 2 aromatic rings. The first kappa shape index (κ1) is 12.8. The van der Waals surface area contributed by atoms with Crippen LogP contribution in [-0.4, -0.2) is 12.1 Å². The fourth-order valence-corrected chi connectivity index (χ4v) is 2.47. The minimum absolute atomic E-state index is 0.0243. The van der Waals surface area contributed by atoms with Crippen LogP contribution in [0.2, 0.25) is 0 Å². The van der Waals surface area contributed by atoms with Crippen LogP contribution in [0.4, 0.5) is 0 Å². The number of hydrogen-bond donors (Lipinski definition) is 1. The molecule has 0 atom stereocenters. The quantitative estimate of drug-likeness (QED) is 0.860. The van der Waals surface area contributed by atoms with E-state index in [4.69, 9.17) is 4.74 Å². The predicted molar refractivity (Wildman–Crippen MR) is 74.4 cm³/mol. The van der Waals surface area contributed by atoms with E-state index >= 15 is 0 Å². The van der Waals surface area contributed by atoms with Crippen molar-refractivity contribution in [2.24, 2.45) is 0 Å². The smallest absolute Gasteiger partial charge is 0.250 e. The number of hydrogen-bond acceptors (Lipinski definition) is 3. The van der Waals surface area contributed by atoms with Crippen molar-refractivity contribution in [3.63, 3.8) is 0 Å². The van der Waals surface area contributed by atoms with Gasteiger partial charge >= 0.3 is 0 Å². The average molecular weight is 261 g/mol. The highest BCUT2D eigenvalue weighted by molar-refractivity contribution is 7.98. The monoisotopic (exact) mass is 261 g/mol. The van der Waals surface area contributed by atoms with Gasteiger partial charge in [0.15, 0.2) is 0 Å². The summed E-state index contributed by atoms with van der Waals surface area (Å²) in [5.74, 6) is 1.73. The molecule has 0 bridgehead atoms. The number of ether oxygens (including phenoxy) is 1. The van der Waals surface area contributed by atoms with Crippen molar-refractivity contribution in [1.82, 2.24) is 4.98 Å². The van der Waals surface area contributed by atoms with Gasteiger partial charge in [-0.15, -0.1) is 11.8 Å². The highest BCUT2D eigenvalue weighted by Gasteiger charge is 1.99. The zero-order valence-electron chi connectivity index (χ0n) is 10.4. The molecule has 0 spiro atoms. The summed E-state index contributed by atoms with van der Waals surface area (Å²) in [6, 6.07) is 9.91. The summed E-state index contributed by atoms with van der Waals surface area (Å²) in [5, 5.41) is 0. The van der Waals surface area contributed by atoms with Gasteiger partial charge in [-0.05, 0) is 30.7 Å². The van der Waals surface area contributed by atoms with Crippen LogP contribution in [0.5, 0.6) is 5.75 Å². The van der Waals surface area contributed by atoms with Gasteiger partial charge in [-0.25, -0.2) is 0 Å². The maximum atomic E-state index is 11.2. The van der Waals surface area contributed by atoms with Crippen LogP contribution in [0.15, 0.2) is 46.2 Å². The molecular weight excluding hydrogens is 246 g/mol. The molecule has 1 aromatic heterocycles. The van der Waals surface area contributed by atoms with E-state index in [0.29, 0.717) is 0 Å². The lowest BCUT2D eigenvalue weighted by Crippen LogP contribution is -2.07. The van der Waals surface area contributed by atoms with Crippen molar-refractivity contribution >= 4 is 11.8 Å². The number of aryl methyl sites for hydroxylation is 1. The lowest BCUT2D eigenvalue weighted by molar-refractivity contribution is 0.414. The number of methoxy groups -OCH3 is 1. The molecule has 1 N–H and O–H groups in total. The highest BCUT2D eigenvalue weighted by Crippen LogP contribution is 2.23. The predicted octanol–water partition coefficient (Wildman–Crippen LogP) is 2.98. The number of benzene rings is 1. The number of aromatic amines is 1. The number of pyridine rings is 1. The standard InChI is InChI=1S/C14H15NO2S/c1-10-7-13(8-15-14(10)16)18-9-11-3-5-12(17-2)6-4-11/h3-8H,9H2,1-2H3,(H,15,16). The van der Waals surface area contributed by atoms with Gasteiger partial charge in [-0.1, -0.05) is 12.1 Å². The third-order valence-corrected chi connectivity index (χ3v) is 3.67. The number of nitrogens with one attached hydrogen (secondary N) is 1. The van der Waals surface area contributed by atoms with E-state index in [-0.39, 0.29) is 5.56 Å². The van der Waals surface area contributed by atoms with Gasteiger partial charge in [0.25, 0.3) is 5.56 Å². The fourth-order valence-electron chi connectivity index (χ4n) is 1.54. The van der Waals surface area contributed by atoms with E-state index in [1.165, 1.54) is 5.56 Å². The molecule has 0 amide bonds. The molecule has 2 rings (SSSR count). The molecule has 3 nitrogen and oxygen atoms in total. The minimum Gasteiger partial charge on any atom is -0.497 e. The summed E-state index contributed by atoms with van der Waals surface area (Å²) in [4.78, 5) is 15.0. The molecule has 1 aromatic carbocycles. The summed E-state index contributed by atoms with van der Waals surface area (Å²) in [7, 11) is 1.66. The molecule has 0 radical (unpaired) electrons. The van der Waals surface area contributed by atoms with Gasteiger partial charge in [0.1, 0.15) is 5.75 Å².